The number of nitrogens with zero attached hydrogens (tertiary/aromatic N) is 4. The van der Waals surface area contributed by atoms with Gasteiger partial charge in [0.1, 0.15) is 5.92 Å². The van der Waals surface area contributed by atoms with Crippen LogP contribution >= 0.6 is 11.8 Å². The second-order valence-corrected chi connectivity index (χ2v) is 6.31. The minimum Gasteiger partial charge on any atom is -0.308 e. The van der Waals surface area contributed by atoms with Crippen LogP contribution in [0.5, 0.6) is 0 Å². The first kappa shape index (κ1) is 17.9. The molecule has 0 aliphatic heterocycles. The Balaban J connectivity index is 2.22. The fourth-order valence-electron chi connectivity index (χ4n) is 2.33. The van der Waals surface area contributed by atoms with Crippen molar-refractivity contribution in [3.05, 3.63) is 29.8 Å². The summed E-state index contributed by atoms with van der Waals surface area (Å²) in [6.07, 6.45) is 0. The molecular formula is C17H19N5OS. The monoisotopic (exact) mass is 341 g/mol. The smallest absolute Gasteiger partial charge is 0.191 e. The number of carbonyl (C=O) groups excluding carboxylic acids is 1. The summed E-state index contributed by atoms with van der Waals surface area (Å²) in [6, 6.07) is 9.82. The molecule has 2 rings (SSSR count). The van der Waals surface area contributed by atoms with E-state index in [1.807, 2.05) is 48.7 Å². The number of Topliss-reactive ketones (excluding diaryl/α,β-unsaturated/α-hetero) is 1. The number of carbonyl (C=O) groups is 1. The van der Waals surface area contributed by atoms with Crippen molar-refractivity contribution in [3.8, 4) is 17.5 Å². The standard InChI is InChI=1S/C17H19N5OS/c1-4-22-16(13-8-6-5-7-11(13)2)20-21-17(22)24-10-15(23)14(9-18)12(3)19/h5-8,14,19H,4,10H2,1-3H3/t14-/m1/s1. The van der Waals surface area contributed by atoms with Crippen LogP contribution in [0.15, 0.2) is 29.4 Å². The molecule has 1 aromatic heterocycles. The molecule has 0 aliphatic rings. The van der Waals surface area contributed by atoms with Gasteiger partial charge in [-0.25, -0.2) is 0 Å². The quantitative estimate of drug-likeness (QED) is 0.616. The number of nitriles is 1. The minimum absolute atomic E-state index is 0.0701. The van der Waals surface area contributed by atoms with Crippen LogP contribution in [0.3, 0.4) is 0 Å². The molecule has 0 fully saturated rings. The molecule has 1 N–H and O–H groups in total. The molecule has 0 saturated carbocycles. The Labute approximate surface area is 145 Å². The zero-order chi connectivity index (χ0) is 17.7. The molecule has 1 atom stereocenters. The highest BCUT2D eigenvalue weighted by atomic mass is 32.2. The van der Waals surface area contributed by atoms with E-state index in [4.69, 9.17) is 10.7 Å². The van der Waals surface area contributed by atoms with Gasteiger partial charge in [-0.15, -0.1) is 10.2 Å². The Morgan fingerprint density at radius 2 is 2.12 bits per heavy atom. The zero-order valence-corrected chi connectivity index (χ0v) is 14.7. The van der Waals surface area contributed by atoms with E-state index >= 15 is 0 Å². The normalized spacial score (nSPS) is 11.8. The molecule has 1 heterocycles. The average molecular weight is 341 g/mol. The summed E-state index contributed by atoms with van der Waals surface area (Å²) >= 11 is 1.25. The van der Waals surface area contributed by atoms with Gasteiger partial charge in [-0.1, -0.05) is 36.0 Å². The van der Waals surface area contributed by atoms with E-state index in [1.54, 1.807) is 0 Å². The first-order valence-corrected chi connectivity index (χ1v) is 8.57. The molecule has 124 valence electrons. The number of benzene rings is 1. The van der Waals surface area contributed by atoms with Crippen molar-refractivity contribution >= 4 is 23.3 Å². The van der Waals surface area contributed by atoms with Crippen LogP contribution in [-0.4, -0.2) is 32.0 Å². The first-order chi connectivity index (χ1) is 11.5. The van der Waals surface area contributed by atoms with Crippen molar-refractivity contribution < 1.29 is 4.79 Å². The van der Waals surface area contributed by atoms with Crippen molar-refractivity contribution in [2.24, 2.45) is 5.92 Å². The van der Waals surface area contributed by atoms with Gasteiger partial charge in [-0.2, -0.15) is 5.26 Å². The topological polar surface area (TPSA) is 95.4 Å². The molecule has 24 heavy (non-hydrogen) atoms. The number of aryl methyl sites for hydroxylation is 1. The van der Waals surface area contributed by atoms with Crippen LogP contribution in [-0.2, 0) is 11.3 Å². The molecule has 0 saturated heterocycles. The maximum Gasteiger partial charge on any atom is 0.191 e. The van der Waals surface area contributed by atoms with Crippen LogP contribution in [0.25, 0.3) is 11.4 Å². The summed E-state index contributed by atoms with van der Waals surface area (Å²) in [5, 5.41) is 25.6. The lowest BCUT2D eigenvalue weighted by molar-refractivity contribution is -0.117. The molecule has 0 spiro atoms. The molecule has 0 radical (unpaired) electrons. The number of thioether (sulfide) groups is 1. The van der Waals surface area contributed by atoms with Gasteiger partial charge < -0.3 is 9.98 Å². The third-order valence-electron chi connectivity index (χ3n) is 3.65. The lowest BCUT2D eigenvalue weighted by atomic mass is 10.0. The predicted molar refractivity (Wildman–Crippen MR) is 94.1 cm³/mol. The summed E-state index contributed by atoms with van der Waals surface area (Å²) < 4.78 is 1.96. The van der Waals surface area contributed by atoms with Crippen molar-refractivity contribution in [1.82, 2.24) is 14.8 Å². The Bertz CT molecular complexity index is 806. The van der Waals surface area contributed by atoms with Gasteiger partial charge in [-0.3, -0.25) is 4.79 Å². The van der Waals surface area contributed by atoms with Gasteiger partial charge in [-0.05, 0) is 26.3 Å². The third-order valence-corrected chi connectivity index (χ3v) is 4.64. The fourth-order valence-corrected chi connectivity index (χ4v) is 3.24. The van der Waals surface area contributed by atoms with E-state index in [2.05, 4.69) is 10.2 Å². The lowest BCUT2D eigenvalue weighted by Crippen LogP contribution is -2.21. The van der Waals surface area contributed by atoms with Crippen LogP contribution in [0.4, 0.5) is 0 Å². The molecule has 0 bridgehead atoms. The van der Waals surface area contributed by atoms with E-state index in [1.165, 1.54) is 18.7 Å². The number of hydrogen-bond donors (Lipinski definition) is 1. The second-order valence-electron chi connectivity index (χ2n) is 5.37. The van der Waals surface area contributed by atoms with E-state index in [0.717, 1.165) is 17.0 Å². The molecule has 1 aromatic carbocycles. The van der Waals surface area contributed by atoms with E-state index in [-0.39, 0.29) is 17.2 Å². The maximum absolute atomic E-state index is 12.1. The largest absolute Gasteiger partial charge is 0.308 e. The summed E-state index contributed by atoms with van der Waals surface area (Å²) in [5.74, 6) is -0.393. The van der Waals surface area contributed by atoms with Crippen LogP contribution in [0.1, 0.15) is 19.4 Å². The first-order valence-electron chi connectivity index (χ1n) is 7.59. The summed E-state index contributed by atoms with van der Waals surface area (Å²) in [5.41, 5.74) is 2.19. The Morgan fingerprint density at radius 1 is 1.42 bits per heavy atom. The molecule has 0 aliphatic carbocycles. The van der Waals surface area contributed by atoms with Gasteiger partial charge in [0.15, 0.2) is 16.8 Å². The number of ketones is 1. The van der Waals surface area contributed by atoms with Crippen LogP contribution in [0.2, 0.25) is 0 Å². The van der Waals surface area contributed by atoms with Gasteiger partial charge in [0.05, 0.1) is 11.8 Å². The highest BCUT2D eigenvalue weighted by molar-refractivity contribution is 7.99. The third kappa shape index (κ3) is 3.71. The summed E-state index contributed by atoms with van der Waals surface area (Å²) in [7, 11) is 0. The highest BCUT2D eigenvalue weighted by Crippen LogP contribution is 2.26. The van der Waals surface area contributed by atoms with E-state index in [0.29, 0.717) is 11.7 Å². The van der Waals surface area contributed by atoms with Crippen molar-refractivity contribution in [1.29, 1.82) is 10.7 Å². The molecule has 2 aromatic rings. The Morgan fingerprint density at radius 3 is 2.71 bits per heavy atom. The van der Waals surface area contributed by atoms with Crippen molar-refractivity contribution in [3.63, 3.8) is 0 Å². The summed E-state index contributed by atoms with van der Waals surface area (Å²) in [4.78, 5) is 12.1. The lowest BCUT2D eigenvalue weighted by Gasteiger charge is -2.09. The minimum atomic E-state index is -0.980. The average Bonchev–Trinajstić information content (AvgIpc) is 2.96. The van der Waals surface area contributed by atoms with E-state index < -0.39 is 5.92 Å². The van der Waals surface area contributed by atoms with Gasteiger partial charge in [0.25, 0.3) is 0 Å². The Kier molecular flexibility index (Phi) is 5.88. The van der Waals surface area contributed by atoms with Crippen molar-refractivity contribution in [2.45, 2.75) is 32.5 Å². The van der Waals surface area contributed by atoms with Crippen molar-refractivity contribution in [2.75, 3.05) is 5.75 Å². The number of hydrogen-bond acceptors (Lipinski definition) is 6. The zero-order valence-electron chi connectivity index (χ0n) is 13.9. The maximum atomic E-state index is 12.1. The predicted octanol–water partition coefficient (Wildman–Crippen LogP) is 3.11. The highest BCUT2D eigenvalue weighted by Gasteiger charge is 2.22. The molecular weight excluding hydrogens is 322 g/mol. The molecule has 0 amide bonds. The number of aromatic nitrogens is 3. The van der Waals surface area contributed by atoms with Gasteiger partial charge in [0, 0.05) is 17.8 Å². The number of nitrogens with one attached hydrogen (secondary N) is 1. The Hall–Kier alpha value is -2.46. The molecule has 7 heteroatoms. The molecule has 0 unspecified atom stereocenters. The fraction of sp³-hybridized carbons (Fsp3) is 0.353. The number of rotatable bonds is 7. The molecule has 6 nitrogen and oxygen atoms in total. The van der Waals surface area contributed by atoms with E-state index in [9.17, 15) is 4.79 Å². The van der Waals surface area contributed by atoms with Crippen LogP contribution < -0.4 is 0 Å². The van der Waals surface area contributed by atoms with Gasteiger partial charge in [0.2, 0.25) is 0 Å². The SMILES string of the molecule is CCn1c(SCC(=O)[C@H](C#N)C(C)=N)nnc1-c1ccccc1C. The second kappa shape index (κ2) is 7.88. The van der Waals surface area contributed by atoms with Gasteiger partial charge >= 0.3 is 0 Å². The summed E-state index contributed by atoms with van der Waals surface area (Å²) in [6.45, 7) is 6.17. The van der Waals surface area contributed by atoms with Crippen LogP contribution in [0, 0.1) is 29.6 Å².